The molecule has 30 heavy (non-hydrogen) atoms. The van der Waals surface area contributed by atoms with Crippen LogP contribution in [0.4, 0.5) is 4.39 Å². The maximum Gasteiger partial charge on any atom is 0.243 e. The van der Waals surface area contributed by atoms with Crippen molar-refractivity contribution in [2.24, 2.45) is 0 Å². The van der Waals surface area contributed by atoms with Gasteiger partial charge in [-0.25, -0.2) is 9.37 Å². The van der Waals surface area contributed by atoms with Crippen LogP contribution in [0.3, 0.4) is 0 Å². The molecule has 160 valence electrons. The highest BCUT2D eigenvalue weighted by molar-refractivity contribution is 7.13. The summed E-state index contributed by atoms with van der Waals surface area (Å²) in [4.78, 5) is 32.6. The number of hydrogen-bond donors (Lipinski definition) is 2. The molecule has 1 saturated carbocycles. The van der Waals surface area contributed by atoms with Crippen LogP contribution in [0, 0.1) is 6.92 Å². The van der Waals surface area contributed by atoms with Crippen LogP contribution in [0.1, 0.15) is 36.9 Å². The number of thiazole rings is 1. The number of aromatic nitrogens is 1. The Morgan fingerprint density at radius 1 is 1.33 bits per heavy atom. The van der Waals surface area contributed by atoms with E-state index in [1.54, 1.807) is 23.3 Å². The topological polar surface area (TPSA) is 74.3 Å². The van der Waals surface area contributed by atoms with Crippen LogP contribution in [0.25, 0.3) is 10.4 Å². The molecule has 1 aliphatic carbocycles. The second-order valence-electron chi connectivity index (χ2n) is 8.13. The highest BCUT2D eigenvalue weighted by atomic mass is 32.1. The van der Waals surface area contributed by atoms with E-state index >= 15 is 0 Å². The van der Waals surface area contributed by atoms with Crippen molar-refractivity contribution >= 4 is 23.2 Å². The minimum Gasteiger partial charge on any atom is -0.350 e. The molecule has 8 heteroatoms. The van der Waals surface area contributed by atoms with Gasteiger partial charge in [-0.15, -0.1) is 11.3 Å². The summed E-state index contributed by atoms with van der Waals surface area (Å²) >= 11 is 1.61. The number of nitrogens with zero attached hydrogens (tertiary/aromatic N) is 2. The van der Waals surface area contributed by atoms with E-state index < -0.39 is 17.8 Å². The van der Waals surface area contributed by atoms with Gasteiger partial charge >= 0.3 is 0 Å². The van der Waals surface area contributed by atoms with Crippen LogP contribution in [0.5, 0.6) is 0 Å². The van der Waals surface area contributed by atoms with Crippen LogP contribution in [0.15, 0.2) is 29.8 Å². The van der Waals surface area contributed by atoms with E-state index in [9.17, 15) is 14.0 Å². The molecule has 1 aromatic carbocycles. The summed E-state index contributed by atoms with van der Waals surface area (Å²) in [5.74, 6) is -0.485. The van der Waals surface area contributed by atoms with E-state index in [1.807, 2.05) is 36.7 Å². The molecule has 2 unspecified atom stereocenters. The molecule has 1 aromatic heterocycles. The van der Waals surface area contributed by atoms with Gasteiger partial charge in [-0.3, -0.25) is 9.59 Å². The van der Waals surface area contributed by atoms with Gasteiger partial charge in [-0.2, -0.15) is 0 Å². The first kappa shape index (κ1) is 20.9. The Morgan fingerprint density at radius 2 is 2.07 bits per heavy atom. The number of nitrogens with one attached hydrogen (secondary N) is 2. The molecule has 6 nitrogen and oxygen atoms in total. The van der Waals surface area contributed by atoms with Crippen molar-refractivity contribution < 1.29 is 14.0 Å². The lowest BCUT2D eigenvalue weighted by atomic mass is 10.1. The van der Waals surface area contributed by atoms with Gasteiger partial charge in [-0.1, -0.05) is 24.3 Å². The summed E-state index contributed by atoms with van der Waals surface area (Å²) in [5.41, 5.74) is 3.47. The molecule has 0 bridgehead atoms. The molecule has 2 N–H and O–H groups in total. The van der Waals surface area contributed by atoms with Gasteiger partial charge in [0.05, 0.1) is 16.1 Å². The van der Waals surface area contributed by atoms with Gasteiger partial charge in [0.25, 0.3) is 0 Å². The van der Waals surface area contributed by atoms with E-state index in [0.717, 1.165) is 28.1 Å². The Bertz CT molecular complexity index is 925. The second kappa shape index (κ2) is 8.43. The standard InChI is InChI=1S/C22H27FN4O2S/c1-14-18(30-13-26-14)16-7-5-15(6-8-16)12-25-20(28)17-4-3-11-27(17)21(29)19(24-2)22(23)9-10-22/h5-8,13,17,19,24H,3-4,9-12H2,1-2H3,(H,25,28). The average Bonchev–Trinajstić information content (AvgIpc) is 3.14. The van der Waals surface area contributed by atoms with E-state index in [-0.39, 0.29) is 11.8 Å². The van der Waals surface area contributed by atoms with Gasteiger partial charge in [0, 0.05) is 13.1 Å². The Hall–Kier alpha value is -2.32. The van der Waals surface area contributed by atoms with Crippen LogP contribution in [-0.2, 0) is 16.1 Å². The van der Waals surface area contributed by atoms with Crippen LogP contribution in [-0.4, -0.2) is 53.0 Å². The molecule has 2 fully saturated rings. The van der Waals surface area contributed by atoms with E-state index in [4.69, 9.17) is 0 Å². The molecule has 1 aliphatic heterocycles. The largest absolute Gasteiger partial charge is 0.350 e. The second-order valence-corrected chi connectivity index (χ2v) is 8.98. The number of aryl methyl sites for hydroxylation is 1. The first-order valence-electron chi connectivity index (χ1n) is 10.4. The highest BCUT2D eigenvalue weighted by Gasteiger charge is 2.55. The SMILES string of the molecule is CNC(C(=O)N1CCCC1C(=O)NCc1ccc(-c2scnc2C)cc1)C1(F)CC1. The van der Waals surface area contributed by atoms with Gasteiger partial charge < -0.3 is 15.5 Å². The Morgan fingerprint density at radius 3 is 2.67 bits per heavy atom. The number of likely N-dealkylation sites (N-methyl/N-ethyl adjacent to an activating group) is 1. The van der Waals surface area contributed by atoms with E-state index in [2.05, 4.69) is 15.6 Å². The van der Waals surface area contributed by atoms with Crippen molar-refractivity contribution in [3.63, 3.8) is 0 Å². The minimum atomic E-state index is -1.46. The Labute approximate surface area is 179 Å². The van der Waals surface area contributed by atoms with Gasteiger partial charge in [-0.05, 0) is 50.8 Å². The van der Waals surface area contributed by atoms with Gasteiger partial charge in [0.2, 0.25) is 11.8 Å². The lowest BCUT2D eigenvalue weighted by molar-refractivity contribution is -0.141. The quantitative estimate of drug-likeness (QED) is 0.708. The zero-order chi connectivity index (χ0) is 21.3. The molecule has 1 saturated heterocycles. The minimum absolute atomic E-state index is 0.179. The summed E-state index contributed by atoms with van der Waals surface area (Å²) in [5, 5.41) is 5.76. The number of likely N-dealkylation sites (tertiary alicyclic amines) is 1. The van der Waals surface area contributed by atoms with Crippen molar-refractivity contribution in [2.45, 2.75) is 56.9 Å². The Balaban J connectivity index is 1.36. The van der Waals surface area contributed by atoms with Crippen molar-refractivity contribution in [2.75, 3.05) is 13.6 Å². The smallest absolute Gasteiger partial charge is 0.243 e. The number of halogens is 1. The Kier molecular flexibility index (Phi) is 5.88. The number of hydrogen-bond acceptors (Lipinski definition) is 5. The van der Waals surface area contributed by atoms with Gasteiger partial charge in [0.1, 0.15) is 17.8 Å². The first-order chi connectivity index (χ1) is 14.4. The summed E-state index contributed by atoms with van der Waals surface area (Å²) in [6.45, 7) is 2.87. The summed E-state index contributed by atoms with van der Waals surface area (Å²) < 4.78 is 14.5. The monoisotopic (exact) mass is 430 g/mol. The highest BCUT2D eigenvalue weighted by Crippen LogP contribution is 2.43. The summed E-state index contributed by atoms with van der Waals surface area (Å²) in [6, 6.07) is 6.64. The molecular formula is C22H27FN4O2S. The molecule has 0 radical (unpaired) electrons. The normalized spacial score (nSPS) is 20.8. The van der Waals surface area contributed by atoms with E-state index in [1.165, 1.54) is 0 Å². The van der Waals surface area contributed by atoms with Crippen LogP contribution < -0.4 is 10.6 Å². The maximum absolute atomic E-state index is 14.5. The number of carbonyl (C=O) groups is 2. The lowest BCUT2D eigenvalue weighted by Crippen LogP contribution is -2.55. The molecule has 2 atom stereocenters. The fraction of sp³-hybridized carbons (Fsp3) is 0.500. The lowest BCUT2D eigenvalue weighted by Gasteiger charge is -2.29. The first-order valence-corrected chi connectivity index (χ1v) is 11.2. The number of amides is 2. The van der Waals surface area contributed by atoms with Crippen molar-refractivity contribution in [1.82, 2.24) is 20.5 Å². The maximum atomic E-state index is 14.5. The number of benzene rings is 1. The predicted molar refractivity (Wildman–Crippen MR) is 115 cm³/mol. The molecule has 4 rings (SSSR count). The number of alkyl halides is 1. The predicted octanol–water partition coefficient (Wildman–Crippen LogP) is 2.82. The third kappa shape index (κ3) is 4.11. The van der Waals surface area contributed by atoms with Crippen molar-refractivity contribution in [1.29, 1.82) is 0 Å². The zero-order valence-electron chi connectivity index (χ0n) is 17.3. The molecule has 2 aliphatic rings. The molecule has 2 heterocycles. The van der Waals surface area contributed by atoms with Crippen molar-refractivity contribution in [3.8, 4) is 10.4 Å². The number of rotatable bonds is 7. The third-order valence-corrected chi connectivity index (χ3v) is 7.03. The summed E-state index contributed by atoms with van der Waals surface area (Å²) in [6.07, 6.45) is 2.15. The van der Waals surface area contributed by atoms with Crippen LogP contribution >= 0.6 is 11.3 Å². The van der Waals surface area contributed by atoms with E-state index in [0.29, 0.717) is 32.4 Å². The fourth-order valence-electron chi connectivity index (χ4n) is 4.14. The van der Waals surface area contributed by atoms with Crippen molar-refractivity contribution in [3.05, 3.63) is 41.0 Å². The summed E-state index contributed by atoms with van der Waals surface area (Å²) in [7, 11) is 1.60. The fourth-order valence-corrected chi connectivity index (χ4v) is 4.95. The zero-order valence-corrected chi connectivity index (χ0v) is 18.1. The molecular weight excluding hydrogens is 403 g/mol. The average molecular weight is 431 g/mol. The number of carbonyl (C=O) groups excluding carboxylic acids is 2. The van der Waals surface area contributed by atoms with Crippen LogP contribution in [0.2, 0.25) is 0 Å². The molecule has 2 aromatic rings. The van der Waals surface area contributed by atoms with Gasteiger partial charge in [0.15, 0.2) is 0 Å². The molecule has 2 amide bonds. The third-order valence-electron chi connectivity index (χ3n) is 6.05. The molecule has 0 spiro atoms.